The van der Waals surface area contributed by atoms with Crippen LogP contribution in [0.15, 0.2) is 30.6 Å². The van der Waals surface area contributed by atoms with Crippen LogP contribution in [0.2, 0.25) is 0 Å². The van der Waals surface area contributed by atoms with Gasteiger partial charge in [-0.3, -0.25) is 0 Å². The lowest BCUT2D eigenvalue weighted by molar-refractivity contribution is 0.396. The number of imidazole rings is 1. The summed E-state index contributed by atoms with van der Waals surface area (Å²) in [6.07, 6.45) is 5.79. The Labute approximate surface area is 127 Å². The molecule has 2 rings (SSSR count). The van der Waals surface area contributed by atoms with E-state index in [1.807, 2.05) is 25.5 Å². The van der Waals surface area contributed by atoms with E-state index in [1.165, 1.54) is 11.1 Å². The largest absolute Gasteiger partial charge is 0.496 e. The maximum atomic E-state index is 5.54. The van der Waals surface area contributed by atoms with Crippen molar-refractivity contribution in [2.75, 3.05) is 13.7 Å². The molecule has 1 aromatic heterocycles. The van der Waals surface area contributed by atoms with E-state index in [9.17, 15) is 0 Å². The van der Waals surface area contributed by atoms with E-state index >= 15 is 0 Å². The minimum absolute atomic E-state index is 0.209. The van der Waals surface area contributed by atoms with Gasteiger partial charge < -0.3 is 14.6 Å². The molecule has 1 atom stereocenters. The molecule has 0 aliphatic heterocycles. The van der Waals surface area contributed by atoms with Crippen molar-refractivity contribution in [2.24, 2.45) is 7.05 Å². The summed E-state index contributed by atoms with van der Waals surface area (Å²) in [6.45, 7) is 5.27. The van der Waals surface area contributed by atoms with E-state index in [2.05, 4.69) is 40.8 Å². The molecule has 0 spiro atoms. The monoisotopic (exact) mass is 287 g/mol. The molecule has 4 heteroatoms. The maximum Gasteiger partial charge on any atom is 0.123 e. The van der Waals surface area contributed by atoms with Gasteiger partial charge in [0, 0.05) is 37.5 Å². The SMILES string of the molecule is CCCNC(Cc1nccn1C)c1cc(C)ccc1OC. The van der Waals surface area contributed by atoms with Crippen molar-refractivity contribution in [1.29, 1.82) is 0 Å². The zero-order chi connectivity index (χ0) is 15.2. The molecule has 4 nitrogen and oxygen atoms in total. The molecule has 0 radical (unpaired) electrons. The maximum absolute atomic E-state index is 5.54. The van der Waals surface area contributed by atoms with Gasteiger partial charge in [-0.1, -0.05) is 24.6 Å². The highest BCUT2D eigenvalue weighted by atomic mass is 16.5. The van der Waals surface area contributed by atoms with Gasteiger partial charge in [-0.2, -0.15) is 0 Å². The molecule has 1 heterocycles. The Morgan fingerprint density at radius 2 is 2.19 bits per heavy atom. The van der Waals surface area contributed by atoms with Gasteiger partial charge in [0.15, 0.2) is 0 Å². The predicted molar refractivity (Wildman–Crippen MR) is 85.7 cm³/mol. The molecule has 0 bridgehead atoms. The molecule has 0 amide bonds. The standard InChI is InChI=1S/C17H25N3O/c1-5-8-18-15(12-17-19-9-10-20(17)3)14-11-13(2)6-7-16(14)21-4/h6-7,9-11,15,18H,5,8,12H2,1-4H3. The highest BCUT2D eigenvalue weighted by Crippen LogP contribution is 2.28. The summed E-state index contributed by atoms with van der Waals surface area (Å²) in [6, 6.07) is 6.54. The zero-order valence-electron chi connectivity index (χ0n) is 13.4. The minimum Gasteiger partial charge on any atom is -0.496 e. The predicted octanol–water partition coefficient (Wildman–Crippen LogP) is 3.02. The van der Waals surface area contributed by atoms with Gasteiger partial charge in [0.25, 0.3) is 0 Å². The fraction of sp³-hybridized carbons (Fsp3) is 0.471. The quantitative estimate of drug-likeness (QED) is 0.851. The van der Waals surface area contributed by atoms with Gasteiger partial charge in [0.2, 0.25) is 0 Å². The van der Waals surface area contributed by atoms with Crippen LogP contribution in [0.25, 0.3) is 0 Å². The second-order valence-corrected chi connectivity index (χ2v) is 5.41. The Balaban J connectivity index is 2.31. The average molecular weight is 287 g/mol. The summed E-state index contributed by atoms with van der Waals surface area (Å²) < 4.78 is 7.62. The summed E-state index contributed by atoms with van der Waals surface area (Å²) in [5.74, 6) is 2.01. The van der Waals surface area contributed by atoms with Gasteiger partial charge in [-0.25, -0.2) is 4.98 Å². The summed E-state index contributed by atoms with van der Waals surface area (Å²) in [4.78, 5) is 4.45. The fourth-order valence-electron chi connectivity index (χ4n) is 2.51. The van der Waals surface area contributed by atoms with Crippen molar-refractivity contribution in [1.82, 2.24) is 14.9 Å². The first kappa shape index (κ1) is 15.6. The molecule has 0 saturated carbocycles. The van der Waals surface area contributed by atoms with Gasteiger partial charge in [-0.15, -0.1) is 0 Å². The summed E-state index contributed by atoms with van der Waals surface area (Å²) in [5, 5.41) is 3.62. The Morgan fingerprint density at radius 1 is 1.38 bits per heavy atom. The number of nitrogens with one attached hydrogen (secondary N) is 1. The molecule has 0 fully saturated rings. The molecule has 21 heavy (non-hydrogen) atoms. The van der Waals surface area contributed by atoms with Crippen LogP contribution in [-0.4, -0.2) is 23.2 Å². The van der Waals surface area contributed by atoms with E-state index in [0.717, 1.165) is 31.0 Å². The van der Waals surface area contributed by atoms with E-state index in [-0.39, 0.29) is 6.04 Å². The normalized spacial score (nSPS) is 12.4. The number of aryl methyl sites for hydroxylation is 2. The van der Waals surface area contributed by atoms with Crippen LogP contribution in [0.3, 0.4) is 0 Å². The number of rotatable bonds is 7. The average Bonchev–Trinajstić information content (AvgIpc) is 2.88. The molecule has 1 unspecified atom stereocenters. The molecule has 0 saturated heterocycles. The topological polar surface area (TPSA) is 39.1 Å². The van der Waals surface area contributed by atoms with Crippen molar-refractivity contribution in [3.05, 3.63) is 47.5 Å². The lowest BCUT2D eigenvalue weighted by Gasteiger charge is -2.21. The van der Waals surface area contributed by atoms with Crippen molar-refractivity contribution < 1.29 is 4.74 Å². The molecular formula is C17H25N3O. The third-order valence-corrected chi connectivity index (χ3v) is 3.71. The Kier molecular flexibility index (Phi) is 5.39. The minimum atomic E-state index is 0.209. The highest BCUT2D eigenvalue weighted by Gasteiger charge is 2.18. The zero-order valence-corrected chi connectivity index (χ0v) is 13.4. The third kappa shape index (κ3) is 3.85. The summed E-state index contributed by atoms with van der Waals surface area (Å²) >= 11 is 0. The number of aromatic nitrogens is 2. The van der Waals surface area contributed by atoms with Crippen LogP contribution < -0.4 is 10.1 Å². The lowest BCUT2D eigenvalue weighted by Crippen LogP contribution is -2.25. The van der Waals surface area contributed by atoms with E-state index in [1.54, 1.807) is 7.11 Å². The van der Waals surface area contributed by atoms with Crippen LogP contribution in [0.4, 0.5) is 0 Å². The molecule has 1 N–H and O–H groups in total. The molecular weight excluding hydrogens is 262 g/mol. The van der Waals surface area contributed by atoms with E-state index < -0.39 is 0 Å². The number of benzene rings is 1. The van der Waals surface area contributed by atoms with Crippen molar-refractivity contribution in [2.45, 2.75) is 32.7 Å². The Hall–Kier alpha value is -1.81. The van der Waals surface area contributed by atoms with Crippen molar-refractivity contribution in [3.63, 3.8) is 0 Å². The molecule has 0 aliphatic carbocycles. The van der Waals surface area contributed by atoms with Crippen LogP contribution >= 0.6 is 0 Å². The number of methoxy groups -OCH3 is 1. The molecule has 0 aliphatic rings. The third-order valence-electron chi connectivity index (χ3n) is 3.71. The smallest absolute Gasteiger partial charge is 0.123 e. The van der Waals surface area contributed by atoms with Gasteiger partial charge in [0.05, 0.1) is 7.11 Å². The van der Waals surface area contributed by atoms with Crippen molar-refractivity contribution in [3.8, 4) is 5.75 Å². The van der Waals surface area contributed by atoms with Crippen LogP contribution in [0.5, 0.6) is 5.75 Å². The number of nitrogens with zero attached hydrogens (tertiary/aromatic N) is 2. The van der Waals surface area contributed by atoms with Crippen LogP contribution in [-0.2, 0) is 13.5 Å². The van der Waals surface area contributed by atoms with E-state index in [4.69, 9.17) is 4.74 Å². The number of hydrogen-bond donors (Lipinski definition) is 1. The molecule has 114 valence electrons. The first-order valence-corrected chi connectivity index (χ1v) is 7.49. The second kappa shape index (κ2) is 7.27. The Morgan fingerprint density at radius 3 is 2.81 bits per heavy atom. The van der Waals surface area contributed by atoms with Crippen molar-refractivity contribution >= 4 is 0 Å². The molecule has 1 aromatic carbocycles. The lowest BCUT2D eigenvalue weighted by atomic mass is 9.99. The summed E-state index contributed by atoms with van der Waals surface area (Å²) in [7, 11) is 3.76. The first-order valence-electron chi connectivity index (χ1n) is 7.49. The second-order valence-electron chi connectivity index (χ2n) is 5.41. The van der Waals surface area contributed by atoms with Gasteiger partial charge >= 0.3 is 0 Å². The number of ether oxygens (including phenoxy) is 1. The number of hydrogen-bond acceptors (Lipinski definition) is 3. The van der Waals surface area contributed by atoms with Gasteiger partial charge in [-0.05, 0) is 26.0 Å². The van der Waals surface area contributed by atoms with Gasteiger partial charge in [0.1, 0.15) is 11.6 Å². The van der Waals surface area contributed by atoms with E-state index in [0.29, 0.717) is 0 Å². The molecule has 2 aromatic rings. The first-order chi connectivity index (χ1) is 10.2. The fourth-order valence-corrected chi connectivity index (χ4v) is 2.51. The van der Waals surface area contributed by atoms with Crippen LogP contribution in [0.1, 0.15) is 36.3 Å². The summed E-state index contributed by atoms with van der Waals surface area (Å²) in [5.41, 5.74) is 2.45. The Bertz CT molecular complexity index is 577. The van der Waals surface area contributed by atoms with Crippen LogP contribution in [0, 0.1) is 6.92 Å². The highest BCUT2D eigenvalue weighted by molar-refractivity contribution is 5.39.